The molecular formula is C63H40N2O. The van der Waals surface area contributed by atoms with E-state index in [1.54, 1.807) is 0 Å². The van der Waals surface area contributed by atoms with Gasteiger partial charge in [-0.3, -0.25) is 0 Å². The van der Waals surface area contributed by atoms with Crippen LogP contribution in [-0.4, -0.2) is 9.97 Å². The molecule has 0 spiro atoms. The summed E-state index contributed by atoms with van der Waals surface area (Å²) in [6.07, 6.45) is 0. The molecule has 3 heteroatoms. The van der Waals surface area contributed by atoms with Crippen LogP contribution < -0.4 is 0 Å². The van der Waals surface area contributed by atoms with Gasteiger partial charge in [0, 0.05) is 33.0 Å². The molecule has 0 bridgehead atoms. The summed E-state index contributed by atoms with van der Waals surface area (Å²) >= 11 is 0. The molecule has 1 aliphatic carbocycles. The highest BCUT2D eigenvalue weighted by Gasteiger charge is 2.46. The second-order valence-electron chi connectivity index (χ2n) is 17.2. The topological polar surface area (TPSA) is 38.9 Å². The normalized spacial score (nSPS) is 12.7. The molecule has 2 heterocycles. The third-order valence-corrected chi connectivity index (χ3v) is 13.6. The van der Waals surface area contributed by atoms with E-state index < -0.39 is 5.41 Å². The second-order valence-corrected chi connectivity index (χ2v) is 17.2. The molecule has 0 aliphatic heterocycles. The minimum absolute atomic E-state index is 0.512. The summed E-state index contributed by atoms with van der Waals surface area (Å²) in [4.78, 5) is 10.6. The number of fused-ring (bicyclic) bond motifs is 7. The van der Waals surface area contributed by atoms with Crippen molar-refractivity contribution in [2.75, 3.05) is 0 Å². The minimum atomic E-state index is -0.512. The highest BCUT2D eigenvalue weighted by molar-refractivity contribution is 6.13. The largest absolute Gasteiger partial charge is 0.455 e. The van der Waals surface area contributed by atoms with E-state index in [4.69, 9.17) is 14.4 Å². The van der Waals surface area contributed by atoms with Crippen LogP contribution in [0.3, 0.4) is 0 Å². The molecule has 0 atom stereocenters. The molecule has 10 aromatic carbocycles. The first-order chi connectivity index (χ1) is 32.7. The van der Waals surface area contributed by atoms with Crippen molar-refractivity contribution in [2.45, 2.75) is 5.41 Å². The van der Waals surface area contributed by atoms with Crippen molar-refractivity contribution >= 4 is 32.7 Å². The van der Waals surface area contributed by atoms with Gasteiger partial charge in [0.15, 0.2) is 5.82 Å². The molecule has 0 radical (unpaired) electrons. The van der Waals surface area contributed by atoms with E-state index in [0.29, 0.717) is 5.82 Å². The fourth-order valence-electron chi connectivity index (χ4n) is 10.6. The predicted octanol–water partition coefficient (Wildman–Crippen LogP) is 16.2. The molecule has 12 aromatic rings. The first-order valence-electron chi connectivity index (χ1n) is 22.6. The molecule has 66 heavy (non-hydrogen) atoms. The summed E-state index contributed by atoms with van der Waals surface area (Å²) in [6.45, 7) is 0. The third-order valence-electron chi connectivity index (χ3n) is 13.6. The van der Waals surface area contributed by atoms with Crippen molar-refractivity contribution < 1.29 is 4.42 Å². The van der Waals surface area contributed by atoms with Crippen molar-refractivity contribution in [3.63, 3.8) is 0 Å². The van der Waals surface area contributed by atoms with E-state index in [9.17, 15) is 0 Å². The smallest absolute Gasteiger partial charge is 0.160 e. The van der Waals surface area contributed by atoms with Crippen LogP contribution in [0.4, 0.5) is 0 Å². The monoisotopic (exact) mass is 840 g/mol. The van der Waals surface area contributed by atoms with Crippen LogP contribution in [0.5, 0.6) is 0 Å². The van der Waals surface area contributed by atoms with Gasteiger partial charge in [0.2, 0.25) is 0 Å². The lowest BCUT2D eigenvalue weighted by Crippen LogP contribution is -2.28. The molecule has 0 saturated heterocycles. The third kappa shape index (κ3) is 5.91. The maximum absolute atomic E-state index is 6.50. The number of furan rings is 1. The zero-order chi connectivity index (χ0) is 43.6. The van der Waals surface area contributed by atoms with Gasteiger partial charge in [-0.1, -0.05) is 224 Å². The van der Waals surface area contributed by atoms with E-state index in [1.807, 2.05) is 30.3 Å². The van der Waals surface area contributed by atoms with E-state index in [1.165, 1.54) is 49.7 Å². The average molecular weight is 841 g/mol. The first-order valence-corrected chi connectivity index (χ1v) is 22.6. The number of benzene rings is 10. The van der Waals surface area contributed by atoms with Gasteiger partial charge in [0.05, 0.1) is 16.8 Å². The van der Waals surface area contributed by atoms with Crippen molar-refractivity contribution in [3.05, 3.63) is 265 Å². The lowest BCUT2D eigenvalue weighted by Gasteiger charge is -2.34. The summed E-state index contributed by atoms with van der Waals surface area (Å²) < 4.78 is 6.50. The van der Waals surface area contributed by atoms with Crippen LogP contribution in [0.25, 0.3) is 100.0 Å². The Morgan fingerprint density at radius 3 is 1.56 bits per heavy atom. The Morgan fingerprint density at radius 2 is 0.818 bits per heavy atom. The number of nitrogens with zero attached hydrogens (tertiary/aromatic N) is 2. The van der Waals surface area contributed by atoms with Gasteiger partial charge in [0.1, 0.15) is 11.2 Å². The van der Waals surface area contributed by atoms with Gasteiger partial charge in [-0.2, -0.15) is 0 Å². The quantitative estimate of drug-likeness (QED) is 0.160. The Labute approximate surface area is 383 Å². The van der Waals surface area contributed by atoms with Gasteiger partial charge < -0.3 is 4.42 Å². The maximum atomic E-state index is 6.50. The zero-order valence-corrected chi connectivity index (χ0v) is 35.9. The number of hydrogen-bond acceptors (Lipinski definition) is 3. The number of aromatic nitrogens is 2. The lowest BCUT2D eigenvalue weighted by molar-refractivity contribution is 0.670. The molecule has 0 saturated carbocycles. The van der Waals surface area contributed by atoms with E-state index in [0.717, 1.165) is 66.7 Å². The predicted molar refractivity (Wildman–Crippen MR) is 271 cm³/mol. The van der Waals surface area contributed by atoms with Crippen LogP contribution >= 0.6 is 0 Å². The number of hydrogen-bond donors (Lipinski definition) is 0. The maximum Gasteiger partial charge on any atom is 0.160 e. The van der Waals surface area contributed by atoms with Crippen LogP contribution in [0.2, 0.25) is 0 Å². The van der Waals surface area contributed by atoms with Crippen LogP contribution in [0.15, 0.2) is 247 Å². The van der Waals surface area contributed by atoms with Gasteiger partial charge in [-0.05, 0) is 79.0 Å². The summed E-state index contributed by atoms with van der Waals surface area (Å²) in [5.74, 6) is 0.689. The Kier molecular flexibility index (Phi) is 8.75. The first kappa shape index (κ1) is 37.9. The van der Waals surface area contributed by atoms with E-state index >= 15 is 0 Å². The van der Waals surface area contributed by atoms with E-state index in [2.05, 4.69) is 212 Å². The highest BCUT2D eigenvalue weighted by atomic mass is 16.3. The summed E-state index contributed by atoms with van der Waals surface area (Å²) in [6, 6.07) is 86.9. The molecule has 0 unspecified atom stereocenters. The molecule has 13 rings (SSSR count). The molecule has 0 amide bonds. The highest BCUT2D eigenvalue weighted by Crippen LogP contribution is 2.56. The van der Waals surface area contributed by atoms with Crippen molar-refractivity contribution in [1.29, 1.82) is 0 Å². The van der Waals surface area contributed by atoms with Crippen LogP contribution in [0, 0.1) is 0 Å². The fraction of sp³-hybridized carbons (Fsp3) is 0.0159. The van der Waals surface area contributed by atoms with Crippen molar-refractivity contribution in [3.8, 4) is 67.3 Å². The van der Waals surface area contributed by atoms with Crippen LogP contribution in [-0.2, 0) is 5.41 Å². The van der Waals surface area contributed by atoms with Gasteiger partial charge in [-0.25, -0.2) is 9.97 Å². The Balaban J connectivity index is 0.932. The minimum Gasteiger partial charge on any atom is -0.455 e. The molecule has 1 aliphatic rings. The van der Waals surface area contributed by atoms with Crippen molar-refractivity contribution in [2.24, 2.45) is 0 Å². The zero-order valence-electron chi connectivity index (χ0n) is 35.9. The molecular weight excluding hydrogens is 801 g/mol. The van der Waals surface area contributed by atoms with Crippen LogP contribution in [0.1, 0.15) is 22.3 Å². The Hall–Kier alpha value is -8.66. The second kappa shape index (κ2) is 15.3. The molecule has 3 nitrogen and oxygen atoms in total. The standard InChI is InChI=1S/C63H40N2O/c1-4-17-43(18-5-1)62-64-58(40-59(65-62)44-35-36-52-51-25-12-14-29-56(51)63(57(52)39-44,45-19-6-2-7-20-45)46-21-8-3-9-22-46)42-33-31-41(32-34-42)47-37-38-50(49-24-11-10-23-48(47)49)54-27-16-28-55-53-26-13-15-30-60(53)66-61(54)55/h1-40H. The summed E-state index contributed by atoms with van der Waals surface area (Å²) in [7, 11) is 0. The van der Waals surface area contributed by atoms with E-state index in [-0.39, 0.29) is 0 Å². The molecule has 308 valence electrons. The number of para-hydroxylation sites is 2. The average Bonchev–Trinajstić information content (AvgIpc) is 3.93. The van der Waals surface area contributed by atoms with Crippen molar-refractivity contribution in [1.82, 2.24) is 9.97 Å². The Bertz CT molecular complexity index is 3760. The van der Waals surface area contributed by atoms with Gasteiger partial charge in [-0.15, -0.1) is 0 Å². The fourth-order valence-corrected chi connectivity index (χ4v) is 10.6. The summed E-state index contributed by atoms with van der Waals surface area (Å²) in [5, 5.41) is 4.63. The lowest BCUT2D eigenvalue weighted by atomic mass is 9.67. The molecule has 0 fully saturated rings. The molecule has 2 aromatic heterocycles. The molecule has 0 N–H and O–H groups in total. The van der Waals surface area contributed by atoms with Gasteiger partial charge >= 0.3 is 0 Å². The SMILES string of the molecule is c1ccc(-c2nc(-c3ccc(-c4ccc(-c5cccc6c5oc5ccccc56)c5ccccc45)cc3)cc(-c3ccc4c(c3)C(c3ccccc3)(c3ccccc3)c3ccccc3-4)n2)cc1. The van der Waals surface area contributed by atoms with Gasteiger partial charge in [0.25, 0.3) is 0 Å². The summed E-state index contributed by atoms with van der Waals surface area (Å²) in [5.41, 5.74) is 18.1. The Morgan fingerprint density at radius 1 is 0.303 bits per heavy atom. The number of rotatable bonds is 7.